The van der Waals surface area contributed by atoms with E-state index in [1.807, 2.05) is 6.07 Å². The lowest BCUT2D eigenvalue weighted by Crippen LogP contribution is -2.40. The zero-order chi connectivity index (χ0) is 22.1. The number of carbonyl (C=O) groups excluding carboxylic acids is 2. The lowest BCUT2D eigenvalue weighted by Gasteiger charge is -2.34. The maximum Gasteiger partial charge on any atom is 0.353 e. The fourth-order valence-electron chi connectivity index (χ4n) is 3.59. The van der Waals surface area contributed by atoms with Crippen LogP contribution in [0.4, 0.5) is 21.9 Å². The van der Waals surface area contributed by atoms with Gasteiger partial charge in [-0.3, -0.25) is 10.2 Å². The number of hydrogen-bond donors (Lipinski definition) is 6. The van der Waals surface area contributed by atoms with Gasteiger partial charge in [-0.2, -0.15) is 0 Å². The standard InChI is InChI=1S/C18H21Cl3N8O2/c1-9-14(19)15(20)16(22-9)17(30)23-12-3-2-11(29-18(31)25-26-27-29)8-13(12)28-6-4-10(24-21)5-7-28/h2-3,8,10,22,24,26-27H,4-7H2,1H3,(H,23,30)(H,25,31). The maximum atomic E-state index is 12.9. The zero-order valence-electron chi connectivity index (χ0n) is 16.5. The Morgan fingerprint density at radius 1 is 1.19 bits per heavy atom. The molecule has 31 heavy (non-hydrogen) atoms. The molecule has 3 amide bonds. The highest BCUT2D eigenvalue weighted by atomic mass is 35.5. The molecule has 2 fully saturated rings. The summed E-state index contributed by atoms with van der Waals surface area (Å²) < 4.78 is 0. The molecule has 4 rings (SSSR count). The number of carbonyl (C=O) groups is 2. The van der Waals surface area contributed by atoms with Crippen LogP contribution >= 0.6 is 35.0 Å². The number of piperidine rings is 1. The van der Waals surface area contributed by atoms with Gasteiger partial charge >= 0.3 is 6.03 Å². The molecule has 0 unspecified atom stereocenters. The highest BCUT2D eigenvalue weighted by Gasteiger charge is 2.26. The van der Waals surface area contributed by atoms with Crippen LogP contribution in [0.3, 0.4) is 0 Å². The van der Waals surface area contributed by atoms with E-state index in [0.717, 1.165) is 31.6 Å². The van der Waals surface area contributed by atoms with Gasteiger partial charge in [-0.25, -0.2) is 14.6 Å². The summed E-state index contributed by atoms with van der Waals surface area (Å²) in [4.78, 5) is 32.8. The number of anilines is 3. The summed E-state index contributed by atoms with van der Waals surface area (Å²) >= 11 is 18.1. The van der Waals surface area contributed by atoms with Crippen LogP contribution in [0.15, 0.2) is 18.2 Å². The van der Waals surface area contributed by atoms with Crippen LogP contribution in [0, 0.1) is 6.92 Å². The number of hydrogen-bond acceptors (Lipinski definition) is 6. The molecular weight excluding hydrogens is 467 g/mol. The third kappa shape index (κ3) is 4.40. The Bertz CT molecular complexity index is 1010. The van der Waals surface area contributed by atoms with Gasteiger partial charge in [0, 0.05) is 24.8 Å². The second-order valence-electron chi connectivity index (χ2n) is 7.28. The molecule has 2 aliphatic rings. The van der Waals surface area contributed by atoms with Crippen molar-refractivity contribution in [3.05, 3.63) is 39.6 Å². The van der Waals surface area contributed by atoms with Gasteiger partial charge in [-0.15, -0.1) is 11.1 Å². The Hall–Kier alpha value is -2.21. The van der Waals surface area contributed by atoms with Gasteiger partial charge in [0.25, 0.3) is 5.91 Å². The summed E-state index contributed by atoms with van der Waals surface area (Å²) in [6.07, 6.45) is 1.67. The molecular formula is C18H21Cl3N8O2. The van der Waals surface area contributed by atoms with E-state index in [1.54, 1.807) is 19.1 Å². The highest BCUT2D eigenvalue weighted by Crippen LogP contribution is 2.35. The predicted octanol–water partition coefficient (Wildman–Crippen LogP) is 3.05. The average molecular weight is 488 g/mol. The first kappa shape index (κ1) is 22.0. The summed E-state index contributed by atoms with van der Waals surface area (Å²) in [5.74, 6) is -0.412. The fourth-order valence-corrected chi connectivity index (χ4v) is 4.23. The monoisotopic (exact) mass is 486 g/mol. The first-order chi connectivity index (χ1) is 14.9. The number of amides is 3. The Labute approximate surface area is 193 Å². The van der Waals surface area contributed by atoms with Gasteiger partial charge < -0.3 is 15.2 Å². The third-order valence-electron chi connectivity index (χ3n) is 5.30. The second kappa shape index (κ2) is 9.11. The maximum absolute atomic E-state index is 12.9. The van der Waals surface area contributed by atoms with Crippen molar-refractivity contribution in [1.29, 1.82) is 0 Å². The Morgan fingerprint density at radius 3 is 2.52 bits per heavy atom. The largest absolute Gasteiger partial charge is 0.370 e. The van der Waals surface area contributed by atoms with E-state index in [0.29, 0.717) is 22.1 Å². The number of urea groups is 1. The van der Waals surface area contributed by atoms with Gasteiger partial charge in [-0.05, 0) is 49.7 Å². The molecule has 13 heteroatoms. The minimum Gasteiger partial charge on any atom is -0.370 e. The van der Waals surface area contributed by atoms with E-state index in [-0.39, 0.29) is 22.8 Å². The summed E-state index contributed by atoms with van der Waals surface area (Å²) in [6.45, 7) is 3.19. The molecule has 3 heterocycles. The van der Waals surface area contributed by atoms with Crippen molar-refractivity contribution in [2.24, 2.45) is 0 Å². The lowest BCUT2D eigenvalue weighted by atomic mass is 10.0. The normalized spacial score (nSPS) is 17.2. The second-order valence-corrected chi connectivity index (χ2v) is 8.26. The quantitative estimate of drug-likeness (QED) is 0.361. The molecule has 0 radical (unpaired) electrons. The van der Waals surface area contributed by atoms with Crippen molar-refractivity contribution in [3.8, 4) is 0 Å². The van der Waals surface area contributed by atoms with E-state index >= 15 is 0 Å². The van der Waals surface area contributed by atoms with Crippen molar-refractivity contribution in [3.63, 3.8) is 0 Å². The van der Waals surface area contributed by atoms with Crippen LogP contribution in [-0.4, -0.2) is 36.1 Å². The van der Waals surface area contributed by atoms with E-state index < -0.39 is 5.91 Å². The number of rotatable bonds is 5. The summed E-state index contributed by atoms with van der Waals surface area (Å²) in [5.41, 5.74) is 10.5. The van der Waals surface area contributed by atoms with E-state index in [9.17, 15) is 9.59 Å². The van der Waals surface area contributed by atoms with E-state index in [1.165, 1.54) is 5.01 Å². The van der Waals surface area contributed by atoms with Crippen molar-refractivity contribution >= 4 is 64.0 Å². The average Bonchev–Trinajstić information content (AvgIpc) is 3.32. The van der Waals surface area contributed by atoms with Crippen LogP contribution in [0.25, 0.3) is 0 Å². The van der Waals surface area contributed by atoms with Crippen LogP contribution in [0.2, 0.25) is 10.0 Å². The molecule has 10 nitrogen and oxygen atoms in total. The van der Waals surface area contributed by atoms with Gasteiger partial charge in [-0.1, -0.05) is 23.2 Å². The molecule has 0 aliphatic carbocycles. The van der Waals surface area contributed by atoms with Crippen molar-refractivity contribution in [2.45, 2.75) is 25.8 Å². The first-order valence-electron chi connectivity index (χ1n) is 9.60. The van der Waals surface area contributed by atoms with Crippen molar-refractivity contribution in [1.82, 2.24) is 26.3 Å². The molecule has 166 valence electrons. The van der Waals surface area contributed by atoms with Crippen molar-refractivity contribution < 1.29 is 9.59 Å². The Balaban J connectivity index is 1.64. The number of benzene rings is 1. The van der Waals surface area contributed by atoms with Gasteiger partial charge in [0.05, 0.1) is 27.1 Å². The molecule has 1 aromatic carbocycles. The van der Waals surface area contributed by atoms with Gasteiger partial charge in [0.1, 0.15) is 5.69 Å². The SMILES string of the molecule is Cc1[nH]c(C(=O)Nc2ccc(N3NNNC3=O)cc2N2CCC(NCl)CC2)c(Cl)c1Cl. The molecule has 0 atom stereocenters. The number of nitrogens with one attached hydrogen (secondary N) is 6. The minimum atomic E-state index is -0.412. The number of H-pyrrole nitrogens is 1. The molecule has 2 aromatic rings. The van der Waals surface area contributed by atoms with Crippen LogP contribution in [0.5, 0.6) is 0 Å². The van der Waals surface area contributed by atoms with Crippen LogP contribution in [-0.2, 0) is 0 Å². The number of nitrogens with zero attached hydrogens (tertiary/aromatic N) is 2. The van der Waals surface area contributed by atoms with E-state index in [4.69, 9.17) is 35.0 Å². The number of aryl methyl sites for hydroxylation is 1. The van der Waals surface area contributed by atoms with Crippen molar-refractivity contribution in [2.75, 3.05) is 28.3 Å². The summed E-state index contributed by atoms with van der Waals surface area (Å²) in [7, 11) is 0. The minimum absolute atomic E-state index is 0.174. The van der Waals surface area contributed by atoms with Gasteiger partial charge in [0.15, 0.2) is 0 Å². The number of aromatic amines is 1. The summed E-state index contributed by atoms with van der Waals surface area (Å²) in [5, 5.41) is 4.72. The molecule has 0 bridgehead atoms. The number of halogens is 3. The van der Waals surface area contributed by atoms with Crippen LogP contribution in [0.1, 0.15) is 29.0 Å². The number of aromatic nitrogens is 1. The summed E-state index contributed by atoms with van der Waals surface area (Å²) in [6, 6.07) is 5.17. The topological polar surface area (TPSA) is 117 Å². The molecule has 0 spiro atoms. The first-order valence-corrected chi connectivity index (χ1v) is 10.7. The van der Waals surface area contributed by atoms with Crippen LogP contribution < -0.4 is 36.6 Å². The Kier molecular flexibility index (Phi) is 6.47. The highest BCUT2D eigenvalue weighted by molar-refractivity contribution is 6.44. The molecule has 2 aliphatic heterocycles. The van der Waals surface area contributed by atoms with E-state index in [2.05, 4.69) is 36.5 Å². The predicted molar refractivity (Wildman–Crippen MR) is 121 cm³/mol. The Morgan fingerprint density at radius 2 is 1.94 bits per heavy atom. The molecule has 2 saturated heterocycles. The number of hydrazine groups is 3. The smallest absolute Gasteiger partial charge is 0.353 e. The fraction of sp³-hybridized carbons (Fsp3) is 0.333. The lowest BCUT2D eigenvalue weighted by molar-refractivity contribution is 0.102. The molecule has 6 N–H and O–H groups in total. The zero-order valence-corrected chi connectivity index (χ0v) is 18.8. The van der Waals surface area contributed by atoms with Gasteiger partial charge in [0.2, 0.25) is 0 Å². The molecule has 1 aromatic heterocycles. The molecule has 0 saturated carbocycles. The third-order valence-corrected chi connectivity index (χ3v) is 6.55.